The van der Waals surface area contributed by atoms with Crippen molar-refractivity contribution in [1.82, 2.24) is 10.3 Å². The predicted molar refractivity (Wildman–Crippen MR) is 117 cm³/mol. The summed E-state index contributed by atoms with van der Waals surface area (Å²) in [6, 6.07) is 4.89. The van der Waals surface area contributed by atoms with Crippen LogP contribution in [0.3, 0.4) is 0 Å². The predicted octanol–water partition coefficient (Wildman–Crippen LogP) is 4.44. The van der Waals surface area contributed by atoms with Crippen molar-refractivity contribution in [2.24, 2.45) is 11.7 Å². The molecule has 1 saturated carbocycles. The van der Waals surface area contributed by atoms with Gasteiger partial charge >= 0.3 is 0 Å². The minimum atomic E-state index is -0.619. The Morgan fingerprint density at radius 3 is 2.76 bits per heavy atom. The number of primary amides is 1. The summed E-state index contributed by atoms with van der Waals surface area (Å²) < 4.78 is 0. The van der Waals surface area contributed by atoms with Crippen LogP contribution in [0.1, 0.15) is 65.3 Å². The second kappa shape index (κ2) is 9.59. The maximum Gasteiger partial charge on any atom is 0.262 e. The number of hydrogen-bond donors (Lipinski definition) is 3. The number of carbonyl (C=O) groups excluding carboxylic acids is 2. The molecule has 2 atom stereocenters. The number of carbonyl (C=O) groups is 2. The second-order valence-corrected chi connectivity index (χ2v) is 9.22. The molecule has 2 aromatic heterocycles. The van der Waals surface area contributed by atoms with Crippen molar-refractivity contribution in [2.75, 3.05) is 5.32 Å². The molecule has 0 radical (unpaired) electrons. The largest absolute Gasteiger partial charge is 0.376 e. The van der Waals surface area contributed by atoms with Crippen LogP contribution in [0.25, 0.3) is 0 Å². The van der Waals surface area contributed by atoms with Crippen molar-refractivity contribution < 1.29 is 9.59 Å². The van der Waals surface area contributed by atoms with E-state index in [1.807, 2.05) is 26.0 Å². The Labute approximate surface area is 180 Å². The number of nitrogens with one attached hydrogen (secondary N) is 2. The molecule has 2 amide bonds. The molecule has 2 aromatic rings. The van der Waals surface area contributed by atoms with E-state index in [0.717, 1.165) is 29.1 Å². The zero-order valence-corrected chi connectivity index (χ0v) is 18.3. The fourth-order valence-electron chi connectivity index (χ4n) is 3.72. The maximum atomic E-state index is 12.7. The zero-order valence-electron chi connectivity index (χ0n) is 16.7. The number of nitrogens with zero attached hydrogens (tertiary/aromatic N) is 1. The Morgan fingerprint density at radius 2 is 2.07 bits per heavy atom. The number of halogens is 1. The molecular weight excluding hydrogens is 408 g/mol. The fraction of sp³-hybridized carbons (Fsp3) is 0.476. The Morgan fingerprint density at radius 1 is 1.34 bits per heavy atom. The van der Waals surface area contributed by atoms with E-state index in [1.165, 1.54) is 24.2 Å². The van der Waals surface area contributed by atoms with Crippen LogP contribution in [-0.4, -0.2) is 22.8 Å². The molecule has 29 heavy (non-hydrogen) atoms. The quantitative estimate of drug-likeness (QED) is 0.572. The second-order valence-electron chi connectivity index (χ2n) is 7.67. The van der Waals surface area contributed by atoms with Crippen molar-refractivity contribution in [1.29, 1.82) is 0 Å². The molecule has 8 heteroatoms. The summed E-state index contributed by atoms with van der Waals surface area (Å²) in [6.45, 7) is 3.92. The Bertz CT molecular complexity index is 879. The van der Waals surface area contributed by atoms with Crippen LogP contribution in [0.15, 0.2) is 24.4 Å². The number of aromatic nitrogens is 1. The highest BCUT2D eigenvalue weighted by atomic mass is 35.5. The third kappa shape index (κ3) is 5.70. The minimum absolute atomic E-state index is 0.0223. The van der Waals surface area contributed by atoms with Crippen LogP contribution in [0.4, 0.5) is 5.69 Å². The molecule has 0 spiro atoms. The summed E-state index contributed by atoms with van der Waals surface area (Å²) in [7, 11) is 0. The average Bonchev–Trinajstić information content (AvgIpc) is 3.36. The summed E-state index contributed by atoms with van der Waals surface area (Å²) in [4.78, 5) is 30.3. The molecule has 1 fully saturated rings. The molecule has 0 unspecified atom stereocenters. The van der Waals surface area contributed by atoms with Gasteiger partial charge in [0.2, 0.25) is 5.91 Å². The van der Waals surface area contributed by atoms with Crippen molar-refractivity contribution >= 4 is 40.4 Å². The third-order valence-electron chi connectivity index (χ3n) is 5.40. The van der Waals surface area contributed by atoms with Gasteiger partial charge in [0, 0.05) is 11.1 Å². The highest BCUT2D eigenvalue weighted by Crippen LogP contribution is 2.30. The van der Waals surface area contributed by atoms with Gasteiger partial charge in [0.15, 0.2) is 0 Å². The van der Waals surface area contributed by atoms with Crippen molar-refractivity contribution in [3.63, 3.8) is 0 Å². The number of thiophene rings is 1. The molecule has 0 bridgehead atoms. The van der Waals surface area contributed by atoms with E-state index in [4.69, 9.17) is 17.3 Å². The molecule has 3 rings (SSSR count). The van der Waals surface area contributed by atoms with Gasteiger partial charge in [-0.25, -0.2) is 0 Å². The molecule has 6 nitrogen and oxygen atoms in total. The van der Waals surface area contributed by atoms with Gasteiger partial charge in [0.25, 0.3) is 5.91 Å². The van der Waals surface area contributed by atoms with E-state index in [0.29, 0.717) is 22.2 Å². The highest BCUT2D eigenvalue weighted by molar-refractivity contribution is 7.14. The molecule has 0 aliphatic heterocycles. The van der Waals surface area contributed by atoms with Crippen LogP contribution in [0.5, 0.6) is 0 Å². The lowest BCUT2D eigenvalue weighted by atomic mass is 9.98. The number of hydrogen-bond acceptors (Lipinski definition) is 5. The summed E-state index contributed by atoms with van der Waals surface area (Å²) in [6.07, 6.45) is 6.81. The minimum Gasteiger partial charge on any atom is -0.376 e. The monoisotopic (exact) mass is 434 g/mol. The summed E-state index contributed by atoms with van der Waals surface area (Å²) in [5.41, 5.74) is 7.24. The van der Waals surface area contributed by atoms with Crippen molar-refractivity contribution in [3.05, 3.63) is 44.9 Å². The third-order valence-corrected chi connectivity index (χ3v) is 6.87. The lowest BCUT2D eigenvalue weighted by Gasteiger charge is -2.18. The number of amides is 2. The van der Waals surface area contributed by atoms with Gasteiger partial charge in [0.1, 0.15) is 6.04 Å². The van der Waals surface area contributed by atoms with Crippen LogP contribution < -0.4 is 16.4 Å². The molecule has 4 N–H and O–H groups in total. The normalized spacial score (nSPS) is 16.4. The zero-order chi connectivity index (χ0) is 21.0. The van der Waals surface area contributed by atoms with Gasteiger partial charge in [-0.2, -0.15) is 0 Å². The van der Waals surface area contributed by atoms with Gasteiger partial charge in [0.05, 0.1) is 27.3 Å². The molecule has 1 aliphatic carbocycles. The van der Waals surface area contributed by atoms with E-state index < -0.39 is 11.9 Å². The summed E-state index contributed by atoms with van der Waals surface area (Å²) in [5, 5.41) is 6.78. The molecule has 0 saturated heterocycles. The summed E-state index contributed by atoms with van der Waals surface area (Å²) >= 11 is 7.43. The first kappa shape index (κ1) is 21.6. The average molecular weight is 435 g/mol. The number of nitrogens with two attached hydrogens (primary N) is 1. The number of rotatable bonds is 8. The molecular formula is C21H27ClN4O2S. The van der Waals surface area contributed by atoms with Crippen LogP contribution in [0, 0.1) is 12.8 Å². The fourth-order valence-corrected chi connectivity index (χ4v) is 4.79. The lowest BCUT2D eigenvalue weighted by Crippen LogP contribution is -2.45. The topological polar surface area (TPSA) is 97.1 Å². The van der Waals surface area contributed by atoms with Crippen LogP contribution in [0.2, 0.25) is 5.02 Å². The Hall–Kier alpha value is -2.12. The number of pyridine rings is 1. The number of anilines is 1. The highest BCUT2D eigenvalue weighted by Gasteiger charge is 2.26. The van der Waals surface area contributed by atoms with Crippen LogP contribution >= 0.6 is 22.9 Å². The summed E-state index contributed by atoms with van der Waals surface area (Å²) in [5.74, 6) is -0.262. The van der Waals surface area contributed by atoms with Crippen molar-refractivity contribution in [2.45, 2.75) is 58.0 Å². The molecule has 0 aromatic carbocycles. The first-order valence-corrected chi connectivity index (χ1v) is 11.1. The standard InChI is InChI=1S/C21H27ClN4O2S/c1-12-16(10-15(22)11-24-12)25-13(2)18-7-8-19(29-18)21(28)26-17(20(23)27)9-14-5-3-4-6-14/h7-8,10-11,13-14,17,25H,3-6,9H2,1-2H3,(H2,23,27)(H,26,28)/t13-,17-/m0/s1. The molecule has 156 valence electrons. The van der Waals surface area contributed by atoms with E-state index >= 15 is 0 Å². The number of aryl methyl sites for hydroxylation is 1. The van der Waals surface area contributed by atoms with Gasteiger partial charge < -0.3 is 16.4 Å². The Kier molecular flexibility index (Phi) is 7.14. The van der Waals surface area contributed by atoms with E-state index in [2.05, 4.69) is 15.6 Å². The van der Waals surface area contributed by atoms with Gasteiger partial charge in [-0.1, -0.05) is 37.3 Å². The van der Waals surface area contributed by atoms with Crippen molar-refractivity contribution in [3.8, 4) is 0 Å². The molecule has 1 aliphatic rings. The van der Waals surface area contributed by atoms with Gasteiger partial charge in [-0.15, -0.1) is 11.3 Å². The van der Waals surface area contributed by atoms with Gasteiger partial charge in [-0.3, -0.25) is 14.6 Å². The first-order valence-electron chi connectivity index (χ1n) is 9.92. The smallest absolute Gasteiger partial charge is 0.262 e. The van der Waals surface area contributed by atoms with E-state index in [1.54, 1.807) is 12.3 Å². The molecule has 2 heterocycles. The lowest BCUT2D eigenvalue weighted by molar-refractivity contribution is -0.120. The van der Waals surface area contributed by atoms with Gasteiger partial charge in [-0.05, 0) is 44.4 Å². The SMILES string of the molecule is Cc1ncc(Cl)cc1N[C@@H](C)c1ccc(C(=O)N[C@@H](CC2CCCC2)C(N)=O)s1. The van der Waals surface area contributed by atoms with E-state index in [9.17, 15) is 9.59 Å². The van der Waals surface area contributed by atoms with E-state index in [-0.39, 0.29) is 11.9 Å². The van der Waals surface area contributed by atoms with Crippen LogP contribution in [-0.2, 0) is 4.79 Å². The first-order chi connectivity index (χ1) is 13.8. The maximum absolute atomic E-state index is 12.7. The Balaban J connectivity index is 1.63.